The molecule has 2 aromatic carbocycles. The average Bonchev–Trinajstić information content (AvgIpc) is 2.84. The van der Waals surface area contributed by atoms with Crippen LogP contribution in [0, 0.1) is 5.82 Å². The molecule has 1 nitrogen and oxygen atoms in total. The number of aromatic amines is 1. The number of aromatic nitrogens is 1. The Balaban J connectivity index is 2.30. The topological polar surface area (TPSA) is 15.8 Å². The second kappa shape index (κ2) is 4.71. The molecule has 0 saturated carbocycles. The molecule has 1 heterocycles. The standard InChI is InChI=1S/C14H7Cl3FN/c15-10-6-12(17)11(16)5-9(10)7-1-2-13-8(14(7)18)3-4-19-13/h1-6,19H. The average molecular weight is 315 g/mol. The molecule has 0 fully saturated rings. The molecule has 0 spiro atoms. The van der Waals surface area contributed by atoms with E-state index >= 15 is 0 Å². The van der Waals surface area contributed by atoms with Gasteiger partial charge < -0.3 is 4.98 Å². The maximum absolute atomic E-state index is 14.4. The van der Waals surface area contributed by atoms with E-state index in [1.54, 1.807) is 30.5 Å². The first kappa shape index (κ1) is 12.8. The third-order valence-corrected chi connectivity index (χ3v) is 4.00. The first-order chi connectivity index (χ1) is 9.08. The van der Waals surface area contributed by atoms with Crippen LogP contribution in [-0.4, -0.2) is 4.98 Å². The van der Waals surface area contributed by atoms with Crippen molar-refractivity contribution < 1.29 is 4.39 Å². The van der Waals surface area contributed by atoms with Gasteiger partial charge in [0.1, 0.15) is 5.82 Å². The lowest BCUT2D eigenvalue weighted by Gasteiger charge is -2.08. The zero-order valence-electron chi connectivity index (χ0n) is 9.48. The molecule has 0 aliphatic rings. The van der Waals surface area contributed by atoms with Crippen molar-refractivity contribution in [1.82, 2.24) is 4.98 Å². The van der Waals surface area contributed by atoms with Crippen LogP contribution in [0.1, 0.15) is 0 Å². The van der Waals surface area contributed by atoms with E-state index in [1.807, 2.05) is 0 Å². The van der Waals surface area contributed by atoms with E-state index in [1.165, 1.54) is 6.07 Å². The van der Waals surface area contributed by atoms with Gasteiger partial charge in [-0.05, 0) is 30.3 Å². The fraction of sp³-hybridized carbons (Fsp3) is 0. The molecule has 0 aliphatic carbocycles. The zero-order valence-corrected chi connectivity index (χ0v) is 11.7. The number of halogens is 4. The SMILES string of the molecule is Fc1c(-c2cc(Cl)c(Cl)cc2Cl)ccc2[nH]ccc12. The summed E-state index contributed by atoms with van der Waals surface area (Å²) in [6, 6.07) is 8.23. The van der Waals surface area contributed by atoms with Gasteiger partial charge in [-0.2, -0.15) is 0 Å². The Morgan fingerprint density at radius 2 is 1.58 bits per heavy atom. The molecule has 19 heavy (non-hydrogen) atoms. The van der Waals surface area contributed by atoms with Crippen LogP contribution in [0.4, 0.5) is 4.39 Å². The van der Waals surface area contributed by atoms with Gasteiger partial charge in [-0.3, -0.25) is 0 Å². The van der Waals surface area contributed by atoms with Crippen LogP contribution in [0.15, 0.2) is 36.5 Å². The molecule has 0 atom stereocenters. The van der Waals surface area contributed by atoms with Crippen molar-refractivity contribution in [3.05, 3.63) is 57.4 Å². The Hall–Kier alpha value is -1.22. The van der Waals surface area contributed by atoms with E-state index in [4.69, 9.17) is 34.8 Å². The molecular formula is C14H7Cl3FN. The van der Waals surface area contributed by atoms with E-state index in [-0.39, 0.29) is 5.82 Å². The molecule has 3 rings (SSSR count). The van der Waals surface area contributed by atoms with Gasteiger partial charge in [0.15, 0.2) is 0 Å². The summed E-state index contributed by atoms with van der Waals surface area (Å²) >= 11 is 18.0. The highest BCUT2D eigenvalue weighted by Gasteiger charge is 2.14. The highest BCUT2D eigenvalue weighted by molar-refractivity contribution is 6.44. The minimum absolute atomic E-state index is 0.334. The maximum Gasteiger partial charge on any atom is 0.140 e. The van der Waals surface area contributed by atoms with Crippen molar-refractivity contribution in [2.75, 3.05) is 0 Å². The molecule has 1 N–H and O–H groups in total. The van der Waals surface area contributed by atoms with Gasteiger partial charge in [-0.25, -0.2) is 4.39 Å². The third kappa shape index (κ3) is 2.10. The van der Waals surface area contributed by atoms with Crippen LogP contribution >= 0.6 is 34.8 Å². The van der Waals surface area contributed by atoms with E-state index < -0.39 is 0 Å². The van der Waals surface area contributed by atoms with E-state index in [0.717, 1.165) is 5.52 Å². The van der Waals surface area contributed by atoms with Crippen LogP contribution in [0.2, 0.25) is 15.1 Å². The molecule has 0 amide bonds. The van der Waals surface area contributed by atoms with Crippen molar-refractivity contribution in [2.24, 2.45) is 0 Å². The highest BCUT2D eigenvalue weighted by Crippen LogP contribution is 2.37. The number of hydrogen-bond donors (Lipinski definition) is 1. The Morgan fingerprint density at radius 1 is 0.842 bits per heavy atom. The summed E-state index contributed by atoms with van der Waals surface area (Å²) in [5, 5.41) is 1.57. The van der Waals surface area contributed by atoms with Gasteiger partial charge in [0.05, 0.1) is 15.1 Å². The summed E-state index contributed by atoms with van der Waals surface area (Å²) < 4.78 is 14.4. The summed E-state index contributed by atoms with van der Waals surface area (Å²) in [5.41, 5.74) is 1.66. The number of nitrogens with one attached hydrogen (secondary N) is 1. The summed E-state index contributed by atoms with van der Waals surface area (Å²) in [7, 11) is 0. The fourth-order valence-electron chi connectivity index (χ4n) is 2.03. The van der Waals surface area contributed by atoms with Gasteiger partial charge in [0, 0.05) is 28.2 Å². The van der Waals surface area contributed by atoms with Gasteiger partial charge in [0.25, 0.3) is 0 Å². The lowest BCUT2D eigenvalue weighted by molar-refractivity contribution is 0.643. The van der Waals surface area contributed by atoms with Crippen molar-refractivity contribution >= 4 is 45.7 Å². The summed E-state index contributed by atoms with van der Waals surface area (Å²) in [5.74, 6) is -0.334. The number of benzene rings is 2. The first-order valence-electron chi connectivity index (χ1n) is 5.48. The molecule has 0 radical (unpaired) electrons. The lowest BCUT2D eigenvalue weighted by Crippen LogP contribution is -1.87. The molecule has 3 aromatic rings. The highest BCUT2D eigenvalue weighted by atomic mass is 35.5. The van der Waals surface area contributed by atoms with Crippen LogP contribution in [0.25, 0.3) is 22.0 Å². The van der Waals surface area contributed by atoms with Crippen molar-refractivity contribution in [1.29, 1.82) is 0 Å². The lowest BCUT2D eigenvalue weighted by atomic mass is 10.0. The fourth-order valence-corrected chi connectivity index (χ4v) is 2.68. The number of fused-ring (bicyclic) bond motifs is 1. The Morgan fingerprint density at radius 3 is 2.37 bits per heavy atom. The summed E-state index contributed by atoms with van der Waals surface area (Å²) in [4.78, 5) is 2.95. The molecular weight excluding hydrogens is 308 g/mol. The predicted octanol–water partition coefficient (Wildman–Crippen LogP) is 5.93. The molecule has 96 valence electrons. The summed E-state index contributed by atoms with van der Waals surface area (Å²) in [6.45, 7) is 0. The largest absolute Gasteiger partial charge is 0.361 e. The number of H-pyrrole nitrogens is 1. The minimum Gasteiger partial charge on any atom is -0.361 e. The van der Waals surface area contributed by atoms with Crippen LogP contribution in [0.3, 0.4) is 0 Å². The quantitative estimate of drug-likeness (QED) is 0.535. The molecule has 5 heteroatoms. The van der Waals surface area contributed by atoms with Crippen LogP contribution < -0.4 is 0 Å². The second-order valence-electron chi connectivity index (χ2n) is 4.11. The van der Waals surface area contributed by atoms with Gasteiger partial charge in [-0.15, -0.1) is 0 Å². The zero-order chi connectivity index (χ0) is 13.6. The number of hydrogen-bond acceptors (Lipinski definition) is 0. The summed E-state index contributed by atoms with van der Waals surface area (Å²) in [6.07, 6.45) is 1.69. The van der Waals surface area contributed by atoms with E-state index in [9.17, 15) is 4.39 Å². The molecule has 0 bridgehead atoms. The van der Waals surface area contributed by atoms with Gasteiger partial charge in [-0.1, -0.05) is 34.8 Å². The van der Waals surface area contributed by atoms with Crippen LogP contribution in [0.5, 0.6) is 0 Å². The van der Waals surface area contributed by atoms with Crippen molar-refractivity contribution in [2.45, 2.75) is 0 Å². The Labute approximate surface area is 123 Å². The molecule has 1 aromatic heterocycles. The van der Waals surface area contributed by atoms with E-state index in [2.05, 4.69) is 4.98 Å². The minimum atomic E-state index is -0.334. The number of rotatable bonds is 1. The molecule has 0 saturated heterocycles. The Bertz CT molecular complexity index is 780. The van der Waals surface area contributed by atoms with Crippen LogP contribution in [-0.2, 0) is 0 Å². The third-order valence-electron chi connectivity index (χ3n) is 2.97. The second-order valence-corrected chi connectivity index (χ2v) is 5.33. The first-order valence-corrected chi connectivity index (χ1v) is 6.62. The molecule has 0 unspecified atom stereocenters. The molecule has 0 aliphatic heterocycles. The predicted molar refractivity (Wildman–Crippen MR) is 78.7 cm³/mol. The van der Waals surface area contributed by atoms with Crippen molar-refractivity contribution in [3.63, 3.8) is 0 Å². The normalized spacial score (nSPS) is 11.2. The van der Waals surface area contributed by atoms with Crippen molar-refractivity contribution in [3.8, 4) is 11.1 Å². The van der Waals surface area contributed by atoms with Gasteiger partial charge in [0.2, 0.25) is 0 Å². The monoisotopic (exact) mass is 313 g/mol. The van der Waals surface area contributed by atoms with Gasteiger partial charge >= 0.3 is 0 Å². The van der Waals surface area contributed by atoms with E-state index in [0.29, 0.717) is 31.6 Å². The smallest absolute Gasteiger partial charge is 0.140 e. The Kier molecular flexibility index (Phi) is 3.17. The maximum atomic E-state index is 14.4.